The van der Waals surface area contributed by atoms with Gasteiger partial charge in [-0.05, 0) is 53.9 Å². The van der Waals surface area contributed by atoms with E-state index in [1.807, 2.05) is 41.5 Å². The molecular weight excluding hydrogens is 372 g/mol. The summed E-state index contributed by atoms with van der Waals surface area (Å²) >= 11 is 0. The van der Waals surface area contributed by atoms with E-state index in [4.69, 9.17) is 14.3 Å². The van der Waals surface area contributed by atoms with E-state index < -0.39 is 17.2 Å². The lowest BCUT2D eigenvalue weighted by Gasteiger charge is -2.32. The predicted molar refractivity (Wildman–Crippen MR) is 114 cm³/mol. The Kier molecular flexibility index (Phi) is 9.91. The van der Waals surface area contributed by atoms with Gasteiger partial charge in [-0.2, -0.15) is 4.98 Å². The van der Waals surface area contributed by atoms with Crippen LogP contribution < -0.4 is 16.0 Å². The Morgan fingerprint density at radius 2 is 1.86 bits per heavy atom. The third-order valence-electron chi connectivity index (χ3n) is 4.43. The number of nitrogens with one attached hydrogen (secondary N) is 3. The first kappa shape index (κ1) is 24.7. The van der Waals surface area contributed by atoms with E-state index in [-0.39, 0.29) is 0 Å². The molecule has 0 fully saturated rings. The quantitative estimate of drug-likeness (QED) is 0.309. The van der Waals surface area contributed by atoms with Gasteiger partial charge in [-0.1, -0.05) is 19.0 Å². The monoisotopic (exact) mass is 410 g/mol. The van der Waals surface area contributed by atoms with Gasteiger partial charge in [0.15, 0.2) is 11.8 Å². The minimum absolute atomic E-state index is 0.413. The molecular formula is C20H38N6O3. The molecule has 3 N–H and O–H groups in total. The first-order valence-electron chi connectivity index (χ1n) is 10.5. The molecule has 1 heterocycles. The van der Waals surface area contributed by atoms with Gasteiger partial charge < -0.3 is 25.2 Å². The molecule has 0 saturated heterocycles. The van der Waals surface area contributed by atoms with Gasteiger partial charge in [0.25, 0.3) is 0 Å². The van der Waals surface area contributed by atoms with Crippen molar-refractivity contribution in [3.8, 4) is 0 Å². The molecule has 9 heteroatoms. The van der Waals surface area contributed by atoms with E-state index in [1.54, 1.807) is 6.92 Å². The maximum Gasteiger partial charge on any atom is 0.408 e. The molecule has 1 amide bonds. The molecule has 0 atom stereocenters. The first-order chi connectivity index (χ1) is 13.6. The smallest absolute Gasteiger partial charge is 0.408 e. The summed E-state index contributed by atoms with van der Waals surface area (Å²) in [6.45, 7) is 15.4. The Balaban J connectivity index is 2.64. The van der Waals surface area contributed by atoms with Crippen molar-refractivity contribution in [2.24, 2.45) is 4.99 Å². The molecule has 0 bridgehead atoms. The van der Waals surface area contributed by atoms with Gasteiger partial charge in [-0.3, -0.25) is 4.99 Å². The summed E-state index contributed by atoms with van der Waals surface area (Å²) in [7, 11) is 0. The Labute approximate surface area is 174 Å². The Morgan fingerprint density at radius 1 is 1.17 bits per heavy atom. The van der Waals surface area contributed by atoms with Crippen molar-refractivity contribution in [3.63, 3.8) is 0 Å². The normalized spacial score (nSPS) is 12.6. The fourth-order valence-corrected chi connectivity index (χ4v) is 2.67. The molecule has 166 valence electrons. The van der Waals surface area contributed by atoms with Crippen LogP contribution in [0, 0.1) is 6.92 Å². The van der Waals surface area contributed by atoms with Gasteiger partial charge in [0.1, 0.15) is 5.60 Å². The summed E-state index contributed by atoms with van der Waals surface area (Å²) in [5.74, 6) is 2.01. The topological polar surface area (TPSA) is 114 Å². The van der Waals surface area contributed by atoms with Crippen LogP contribution in [0.4, 0.5) is 4.79 Å². The minimum Gasteiger partial charge on any atom is -0.444 e. The molecule has 0 saturated carbocycles. The Bertz CT molecular complexity index is 647. The average Bonchev–Trinajstić information content (AvgIpc) is 3.05. The van der Waals surface area contributed by atoms with E-state index in [0.717, 1.165) is 32.4 Å². The van der Waals surface area contributed by atoms with Crippen LogP contribution in [0.3, 0.4) is 0 Å². The highest BCUT2D eigenvalue weighted by Crippen LogP contribution is 2.17. The number of aryl methyl sites for hydroxylation is 2. The Hall–Kier alpha value is -2.32. The number of ether oxygens (including phenoxy) is 1. The van der Waals surface area contributed by atoms with Crippen LogP contribution in [0.25, 0.3) is 0 Å². The van der Waals surface area contributed by atoms with Gasteiger partial charge in [0.2, 0.25) is 5.89 Å². The molecule has 1 rings (SSSR count). The number of nitrogens with zero attached hydrogens (tertiary/aromatic N) is 3. The zero-order chi connectivity index (χ0) is 21.9. The highest BCUT2D eigenvalue weighted by atomic mass is 16.6. The third kappa shape index (κ3) is 9.62. The molecule has 0 spiro atoms. The largest absolute Gasteiger partial charge is 0.444 e. The maximum absolute atomic E-state index is 12.3. The van der Waals surface area contributed by atoms with Crippen molar-refractivity contribution in [1.82, 2.24) is 26.1 Å². The zero-order valence-corrected chi connectivity index (χ0v) is 19.0. The lowest BCUT2D eigenvalue weighted by Crippen LogP contribution is -2.52. The highest BCUT2D eigenvalue weighted by Gasteiger charge is 2.30. The summed E-state index contributed by atoms with van der Waals surface area (Å²) in [5.41, 5.74) is -0.986. The molecule has 0 aliphatic rings. The number of hydrogen-bond acceptors (Lipinski definition) is 6. The number of aromatic nitrogens is 2. The lowest BCUT2D eigenvalue weighted by molar-refractivity contribution is 0.0452. The van der Waals surface area contributed by atoms with Crippen molar-refractivity contribution in [3.05, 3.63) is 11.7 Å². The van der Waals surface area contributed by atoms with Crippen LogP contribution in [-0.2, 0) is 11.2 Å². The lowest BCUT2D eigenvalue weighted by atomic mass is 9.93. The number of rotatable bonds is 10. The molecule has 0 unspecified atom stereocenters. The number of carbonyl (C=O) groups excluding carboxylic acids is 1. The van der Waals surface area contributed by atoms with Crippen LogP contribution in [0.1, 0.15) is 72.5 Å². The number of hydrogen-bond donors (Lipinski definition) is 3. The van der Waals surface area contributed by atoms with Gasteiger partial charge in [-0.25, -0.2) is 4.79 Å². The fraction of sp³-hybridized carbons (Fsp3) is 0.800. The molecule has 0 radical (unpaired) electrons. The van der Waals surface area contributed by atoms with Crippen molar-refractivity contribution >= 4 is 12.1 Å². The van der Waals surface area contributed by atoms with Crippen molar-refractivity contribution in [2.75, 3.05) is 19.6 Å². The highest BCUT2D eigenvalue weighted by molar-refractivity contribution is 5.79. The third-order valence-corrected chi connectivity index (χ3v) is 4.43. The number of guanidine groups is 1. The van der Waals surface area contributed by atoms with Crippen LogP contribution in [0.15, 0.2) is 9.52 Å². The van der Waals surface area contributed by atoms with E-state index in [1.165, 1.54) is 0 Å². The minimum atomic E-state index is -0.534. The van der Waals surface area contributed by atoms with E-state index >= 15 is 0 Å². The summed E-state index contributed by atoms with van der Waals surface area (Å²) in [5, 5.41) is 13.4. The SMILES string of the molecule is CCNC(=NCC(CC)(CC)NC(=O)OC(C)(C)C)NCCCc1nc(C)no1. The van der Waals surface area contributed by atoms with Crippen LogP contribution in [-0.4, -0.2) is 53.0 Å². The second-order valence-electron chi connectivity index (χ2n) is 8.08. The van der Waals surface area contributed by atoms with Crippen molar-refractivity contribution in [1.29, 1.82) is 0 Å². The molecule has 0 aromatic carbocycles. The van der Waals surface area contributed by atoms with Gasteiger partial charge in [0, 0.05) is 19.5 Å². The van der Waals surface area contributed by atoms with Gasteiger partial charge >= 0.3 is 6.09 Å². The van der Waals surface area contributed by atoms with Crippen LogP contribution >= 0.6 is 0 Å². The molecule has 1 aromatic rings. The standard InChI is InChI=1S/C20H38N6O3/c1-8-20(9-2,25-18(27)28-19(5,6)7)14-23-17(21-10-3)22-13-11-12-16-24-15(4)26-29-16/h8-14H2,1-7H3,(H,25,27)(H2,21,22,23). The summed E-state index contributed by atoms with van der Waals surface area (Å²) in [6, 6.07) is 0. The van der Waals surface area contributed by atoms with E-state index in [2.05, 4.69) is 26.1 Å². The number of amides is 1. The second-order valence-corrected chi connectivity index (χ2v) is 8.08. The number of alkyl carbamates (subject to hydrolysis) is 1. The molecule has 0 aliphatic heterocycles. The van der Waals surface area contributed by atoms with Crippen LogP contribution in [0.2, 0.25) is 0 Å². The molecule has 29 heavy (non-hydrogen) atoms. The zero-order valence-electron chi connectivity index (χ0n) is 19.0. The maximum atomic E-state index is 12.3. The van der Waals surface area contributed by atoms with Crippen LogP contribution in [0.5, 0.6) is 0 Å². The van der Waals surface area contributed by atoms with E-state index in [0.29, 0.717) is 30.6 Å². The summed E-state index contributed by atoms with van der Waals surface area (Å²) < 4.78 is 10.5. The summed E-state index contributed by atoms with van der Waals surface area (Å²) in [4.78, 5) is 21.2. The van der Waals surface area contributed by atoms with Gasteiger partial charge in [0.05, 0.1) is 12.1 Å². The molecule has 1 aromatic heterocycles. The Morgan fingerprint density at radius 3 is 2.38 bits per heavy atom. The number of carbonyl (C=O) groups is 1. The predicted octanol–water partition coefficient (Wildman–Crippen LogP) is 2.95. The fourth-order valence-electron chi connectivity index (χ4n) is 2.67. The van der Waals surface area contributed by atoms with Crippen molar-refractivity contribution < 1.29 is 14.1 Å². The van der Waals surface area contributed by atoms with Crippen molar-refractivity contribution in [2.45, 2.75) is 85.3 Å². The van der Waals surface area contributed by atoms with Gasteiger partial charge in [-0.15, -0.1) is 0 Å². The van der Waals surface area contributed by atoms with E-state index in [9.17, 15) is 4.79 Å². The molecule has 9 nitrogen and oxygen atoms in total. The summed E-state index contributed by atoms with van der Waals surface area (Å²) in [6.07, 6.45) is 2.64. The average molecular weight is 411 g/mol. The number of aliphatic imine (C=N–C) groups is 1. The first-order valence-corrected chi connectivity index (χ1v) is 10.5. The second kappa shape index (κ2) is 11.6. The molecule has 0 aliphatic carbocycles.